The normalized spacial score (nSPS) is 19.9. The van der Waals surface area contributed by atoms with Crippen LogP contribution in [0.4, 0.5) is 9.59 Å². The number of amides is 2. The number of imidazole rings is 2. The SMILES string of the molecule is CC(C)(C)OC(=O)N1CCC[C@H]1c1nc(-c2ccc(C#Cc3ccc4nc([C@@H]5C[C@@H](O)CN5C(=O)OC(C)(C)C)[nH]c4c3)cc2)c[nH]1. The zero-order chi connectivity index (χ0) is 33.5. The molecule has 0 aliphatic carbocycles. The molecule has 246 valence electrons. The van der Waals surface area contributed by atoms with Crippen molar-refractivity contribution < 1.29 is 24.2 Å². The van der Waals surface area contributed by atoms with Crippen LogP contribution in [0.1, 0.15) is 95.7 Å². The fraction of sp³-hybridized carbons (Fsp3) is 0.444. The van der Waals surface area contributed by atoms with Crippen LogP contribution >= 0.6 is 0 Å². The fourth-order valence-corrected chi connectivity index (χ4v) is 5.97. The van der Waals surface area contributed by atoms with E-state index in [0.717, 1.165) is 52.1 Å². The van der Waals surface area contributed by atoms with Crippen LogP contribution in [0.15, 0.2) is 48.7 Å². The Bertz CT molecular complexity index is 1840. The minimum atomic E-state index is -0.648. The van der Waals surface area contributed by atoms with E-state index in [4.69, 9.17) is 19.4 Å². The van der Waals surface area contributed by atoms with Gasteiger partial charge in [0.2, 0.25) is 0 Å². The van der Waals surface area contributed by atoms with Crippen molar-refractivity contribution in [3.05, 3.63) is 71.4 Å². The number of aromatic nitrogens is 4. The third kappa shape index (κ3) is 7.44. The van der Waals surface area contributed by atoms with Gasteiger partial charge in [0.1, 0.15) is 22.9 Å². The van der Waals surface area contributed by atoms with Crippen LogP contribution in [-0.4, -0.2) is 77.4 Å². The maximum absolute atomic E-state index is 12.8. The maximum atomic E-state index is 12.8. The molecular formula is C36H42N6O5. The lowest BCUT2D eigenvalue weighted by Crippen LogP contribution is -2.37. The number of H-pyrrole nitrogens is 2. The van der Waals surface area contributed by atoms with Gasteiger partial charge in [0.25, 0.3) is 0 Å². The maximum Gasteiger partial charge on any atom is 0.411 e. The van der Waals surface area contributed by atoms with Crippen molar-refractivity contribution in [1.82, 2.24) is 29.7 Å². The number of carbonyl (C=O) groups excluding carboxylic acids is 2. The first-order valence-electron chi connectivity index (χ1n) is 16.1. The Kier molecular flexibility index (Phi) is 8.49. The monoisotopic (exact) mass is 638 g/mol. The first kappa shape index (κ1) is 32.1. The number of hydrogen-bond donors (Lipinski definition) is 3. The van der Waals surface area contributed by atoms with Crippen molar-refractivity contribution in [1.29, 1.82) is 0 Å². The van der Waals surface area contributed by atoms with Gasteiger partial charge in [-0.25, -0.2) is 19.6 Å². The minimum Gasteiger partial charge on any atom is -0.444 e. The Morgan fingerprint density at radius 3 is 2.23 bits per heavy atom. The van der Waals surface area contributed by atoms with Crippen molar-refractivity contribution >= 4 is 23.2 Å². The highest BCUT2D eigenvalue weighted by Crippen LogP contribution is 2.34. The van der Waals surface area contributed by atoms with Gasteiger partial charge < -0.3 is 24.5 Å². The van der Waals surface area contributed by atoms with E-state index in [1.807, 2.05) is 90.2 Å². The summed E-state index contributed by atoms with van der Waals surface area (Å²) in [6.07, 6.45) is 2.56. The average molecular weight is 639 g/mol. The number of rotatable bonds is 3. The van der Waals surface area contributed by atoms with Gasteiger partial charge >= 0.3 is 12.2 Å². The lowest BCUT2D eigenvalue weighted by molar-refractivity contribution is 0.0197. The van der Waals surface area contributed by atoms with Crippen molar-refractivity contribution in [3.63, 3.8) is 0 Å². The first-order chi connectivity index (χ1) is 22.2. The number of β-amino-alcohol motifs (C(OH)–C–C–N with tert-alkyl or cyclic N) is 1. The zero-order valence-corrected chi connectivity index (χ0v) is 27.8. The number of benzene rings is 2. The van der Waals surface area contributed by atoms with E-state index < -0.39 is 29.4 Å². The molecule has 47 heavy (non-hydrogen) atoms. The number of aliphatic hydroxyl groups excluding tert-OH is 1. The highest BCUT2D eigenvalue weighted by Gasteiger charge is 2.39. The molecule has 0 saturated carbocycles. The molecule has 4 aromatic rings. The number of hydrogen-bond acceptors (Lipinski definition) is 7. The number of likely N-dealkylation sites (tertiary alicyclic amines) is 2. The molecule has 2 saturated heterocycles. The molecule has 2 amide bonds. The molecule has 2 aliphatic heterocycles. The second-order valence-electron chi connectivity index (χ2n) is 14.2. The molecule has 11 nitrogen and oxygen atoms in total. The highest BCUT2D eigenvalue weighted by molar-refractivity contribution is 5.77. The minimum absolute atomic E-state index is 0.138. The van der Waals surface area contributed by atoms with E-state index in [2.05, 4.69) is 21.8 Å². The van der Waals surface area contributed by atoms with Crippen LogP contribution in [0.3, 0.4) is 0 Å². The number of fused-ring (bicyclic) bond motifs is 1. The molecule has 4 heterocycles. The third-order valence-electron chi connectivity index (χ3n) is 8.05. The van der Waals surface area contributed by atoms with E-state index in [9.17, 15) is 14.7 Å². The molecule has 3 N–H and O–H groups in total. The van der Waals surface area contributed by atoms with Gasteiger partial charge in [0, 0.05) is 35.9 Å². The Hall–Kier alpha value is -4.82. The van der Waals surface area contributed by atoms with E-state index in [1.54, 1.807) is 4.90 Å². The molecule has 2 aliphatic rings. The number of nitrogens with zero attached hydrogens (tertiary/aromatic N) is 4. The van der Waals surface area contributed by atoms with E-state index >= 15 is 0 Å². The number of ether oxygens (including phenoxy) is 2. The van der Waals surface area contributed by atoms with Gasteiger partial charge in [0.05, 0.1) is 41.5 Å². The largest absolute Gasteiger partial charge is 0.444 e. The summed E-state index contributed by atoms with van der Waals surface area (Å²) in [5.41, 5.74) is 3.79. The molecule has 6 rings (SSSR count). The summed E-state index contributed by atoms with van der Waals surface area (Å²) >= 11 is 0. The Labute approximate surface area is 274 Å². The lowest BCUT2D eigenvalue weighted by atomic mass is 10.1. The average Bonchev–Trinajstić information content (AvgIpc) is 3.79. The van der Waals surface area contributed by atoms with Gasteiger partial charge in [-0.05, 0) is 84.7 Å². The summed E-state index contributed by atoms with van der Waals surface area (Å²) in [6, 6.07) is 13.1. The molecule has 0 spiro atoms. The molecule has 0 radical (unpaired) electrons. The molecular weight excluding hydrogens is 596 g/mol. The van der Waals surface area contributed by atoms with Crippen LogP contribution < -0.4 is 0 Å². The van der Waals surface area contributed by atoms with Crippen LogP contribution in [0.5, 0.6) is 0 Å². The Morgan fingerprint density at radius 2 is 1.53 bits per heavy atom. The van der Waals surface area contributed by atoms with Gasteiger partial charge in [0.15, 0.2) is 0 Å². The number of aliphatic hydroxyl groups is 1. The first-order valence-corrected chi connectivity index (χ1v) is 16.1. The van der Waals surface area contributed by atoms with E-state index in [0.29, 0.717) is 18.8 Å². The van der Waals surface area contributed by atoms with Crippen LogP contribution in [0, 0.1) is 11.8 Å². The van der Waals surface area contributed by atoms with Crippen molar-refractivity contribution in [2.24, 2.45) is 0 Å². The fourth-order valence-electron chi connectivity index (χ4n) is 5.97. The van der Waals surface area contributed by atoms with E-state index in [-0.39, 0.29) is 18.7 Å². The van der Waals surface area contributed by atoms with Crippen LogP contribution in [0.25, 0.3) is 22.3 Å². The highest BCUT2D eigenvalue weighted by atomic mass is 16.6. The number of aromatic amines is 2. The number of nitrogens with one attached hydrogen (secondary N) is 2. The summed E-state index contributed by atoms with van der Waals surface area (Å²) in [5.74, 6) is 7.82. The van der Waals surface area contributed by atoms with Gasteiger partial charge in [-0.1, -0.05) is 24.0 Å². The molecule has 11 heteroatoms. The van der Waals surface area contributed by atoms with Crippen LogP contribution in [0.2, 0.25) is 0 Å². The second-order valence-corrected chi connectivity index (χ2v) is 14.2. The Balaban J connectivity index is 1.13. The lowest BCUT2D eigenvalue weighted by Gasteiger charge is -2.27. The zero-order valence-electron chi connectivity index (χ0n) is 27.8. The Morgan fingerprint density at radius 1 is 0.872 bits per heavy atom. The number of carbonyl (C=O) groups is 2. The molecule has 2 fully saturated rings. The molecule has 2 aromatic carbocycles. The summed E-state index contributed by atoms with van der Waals surface area (Å²) in [4.78, 5) is 45.0. The molecule has 0 unspecified atom stereocenters. The summed E-state index contributed by atoms with van der Waals surface area (Å²) in [6.45, 7) is 11.9. The quantitative estimate of drug-likeness (QED) is 0.219. The molecule has 0 bridgehead atoms. The van der Waals surface area contributed by atoms with Crippen LogP contribution in [-0.2, 0) is 9.47 Å². The van der Waals surface area contributed by atoms with Gasteiger partial charge in [-0.3, -0.25) is 9.80 Å². The smallest absolute Gasteiger partial charge is 0.411 e. The molecule has 3 atom stereocenters. The molecule has 2 aromatic heterocycles. The standard InChI is InChI=1S/C36H42N6O5/c1-35(2,3)46-33(44)41-17-7-8-29(41)31-37-20-28(40-31)24-14-11-22(12-15-24)9-10-23-13-16-26-27(18-23)39-32(38-26)30-19-25(43)21-42(30)34(45)47-36(4,5)6/h11-16,18,20,25,29-30,43H,7-8,17,19,21H2,1-6H3,(H,37,40)(H,38,39)/t25-,29+,30+/m1/s1. The van der Waals surface area contributed by atoms with Crippen molar-refractivity contribution in [3.8, 4) is 23.1 Å². The van der Waals surface area contributed by atoms with Gasteiger partial charge in [-0.15, -0.1) is 0 Å². The second kappa shape index (κ2) is 12.4. The predicted molar refractivity (Wildman–Crippen MR) is 177 cm³/mol. The van der Waals surface area contributed by atoms with Crippen molar-refractivity contribution in [2.75, 3.05) is 13.1 Å². The topological polar surface area (TPSA) is 137 Å². The van der Waals surface area contributed by atoms with Crippen molar-refractivity contribution in [2.45, 2.75) is 90.2 Å². The summed E-state index contributed by atoms with van der Waals surface area (Å²) in [5, 5.41) is 10.3. The van der Waals surface area contributed by atoms with Gasteiger partial charge in [-0.2, -0.15) is 0 Å². The predicted octanol–water partition coefficient (Wildman–Crippen LogP) is 6.47. The third-order valence-corrected chi connectivity index (χ3v) is 8.05. The summed E-state index contributed by atoms with van der Waals surface area (Å²) in [7, 11) is 0. The summed E-state index contributed by atoms with van der Waals surface area (Å²) < 4.78 is 11.2. The van der Waals surface area contributed by atoms with E-state index in [1.165, 1.54) is 4.90 Å².